The van der Waals surface area contributed by atoms with E-state index in [0.29, 0.717) is 40.4 Å². The minimum Gasteiger partial charge on any atom is -0.452 e. The summed E-state index contributed by atoms with van der Waals surface area (Å²) in [6.07, 6.45) is 4.93. The number of aromatic nitrogens is 2. The van der Waals surface area contributed by atoms with Gasteiger partial charge in [0.2, 0.25) is 0 Å². The van der Waals surface area contributed by atoms with E-state index < -0.39 is 5.97 Å². The summed E-state index contributed by atoms with van der Waals surface area (Å²) in [4.78, 5) is 26.0. The topological polar surface area (TPSA) is 64.4 Å². The maximum Gasteiger partial charge on any atom is 0.331 e. The molecule has 1 aromatic carbocycles. The van der Waals surface area contributed by atoms with E-state index in [-0.39, 0.29) is 12.5 Å². The van der Waals surface area contributed by atoms with Crippen molar-refractivity contribution in [1.82, 2.24) is 14.7 Å². The molecule has 0 spiro atoms. The second kappa shape index (κ2) is 10.1. The number of amides is 1. The van der Waals surface area contributed by atoms with Crippen molar-refractivity contribution in [1.29, 1.82) is 0 Å². The molecule has 1 aromatic heterocycles. The Labute approximate surface area is 186 Å². The SMILES string of the molecule is Cc1nn(Cc2ccccc2Cl)c(Cl)c1/C=C/C(=O)OCC(=O)N1CCCC(C)C1. The number of carbonyl (C=O) groups excluding carboxylic acids is 2. The number of rotatable bonds is 6. The van der Waals surface area contributed by atoms with Gasteiger partial charge in [-0.3, -0.25) is 4.79 Å². The van der Waals surface area contributed by atoms with Gasteiger partial charge in [0.1, 0.15) is 5.15 Å². The molecule has 8 heteroatoms. The molecule has 2 heterocycles. The van der Waals surface area contributed by atoms with Crippen molar-refractivity contribution in [2.45, 2.75) is 33.2 Å². The quantitative estimate of drug-likeness (QED) is 0.485. The van der Waals surface area contributed by atoms with Crippen LogP contribution in [0.1, 0.15) is 36.6 Å². The highest BCUT2D eigenvalue weighted by atomic mass is 35.5. The second-order valence-electron chi connectivity index (χ2n) is 7.57. The molecule has 6 nitrogen and oxygen atoms in total. The fourth-order valence-corrected chi connectivity index (χ4v) is 3.98. The lowest BCUT2D eigenvalue weighted by molar-refractivity contribution is -0.149. The maximum absolute atomic E-state index is 12.2. The predicted octanol–water partition coefficient (Wildman–Crippen LogP) is 4.36. The average molecular weight is 450 g/mol. The highest BCUT2D eigenvalue weighted by Gasteiger charge is 2.21. The lowest BCUT2D eigenvalue weighted by Crippen LogP contribution is -2.41. The van der Waals surface area contributed by atoms with Crippen LogP contribution in [-0.2, 0) is 20.9 Å². The molecule has 160 valence electrons. The number of ether oxygens (including phenoxy) is 1. The molecular formula is C22H25Cl2N3O3. The largest absolute Gasteiger partial charge is 0.452 e. The van der Waals surface area contributed by atoms with Crippen LogP contribution in [0.3, 0.4) is 0 Å². The Hall–Kier alpha value is -2.31. The van der Waals surface area contributed by atoms with Gasteiger partial charge in [0.15, 0.2) is 6.61 Å². The highest BCUT2D eigenvalue weighted by Crippen LogP contribution is 2.24. The Bertz CT molecular complexity index is 955. The summed E-state index contributed by atoms with van der Waals surface area (Å²) in [5.74, 6) is -0.279. The van der Waals surface area contributed by atoms with Crippen LogP contribution in [0.25, 0.3) is 6.08 Å². The number of hydrogen-bond donors (Lipinski definition) is 0. The van der Waals surface area contributed by atoms with Crippen LogP contribution in [0, 0.1) is 12.8 Å². The van der Waals surface area contributed by atoms with E-state index in [1.807, 2.05) is 24.3 Å². The summed E-state index contributed by atoms with van der Waals surface area (Å²) in [6.45, 7) is 5.52. The molecule has 1 aliphatic rings. The Balaban J connectivity index is 1.59. The molecule has 1 fully saturated rings. The zero-order valence-corrected chi connectivity index (χ0v) is 18.6. The Kier molecular flexibility index (Phi) is 7.56. The standard InChI is InChI=1S/C22H25Cl2N3O3/c1-15-6-5-11-26(12-15)20(28)14-30-21(29)10-9-18-16(2)25-27(22(18)24)13-17-7-3-4-8-19(17)23/h3-4,7-10,15H,5-6,11-14H2,1-2H3/b10-9+. The third-order valence-corrected chi connectivity index (χ3v) is 5.89. The number of benzene rings is 1. The van der Waals surface area contributed by atoms with Gasteiger partial charge in [-0.25, -0.2) is 9.48 Å². The van der Waals surface area contributed by atoms with E-state index in [4.69, 9.17) is 27.9 Å². The van der Waals surface area contributed by atoms with Crippen molar-refractivity contribution < 1.29 is 14.3 Å². The van der Waals surface area contributed by atoms with E-state index in [2.05, 4.69) is 12.0 Å². The van der Waals surface area contributed by atoms with Gasteiger partial charge in [0.25, 0.3) is 5.91 Å². The number of aryl methyl sites for hydroxylation is 1. The number of esters is 1. The molecule has 2 aromatic rings. The van der Waals surface area contributed by atoms with Gasteiger partial charge in [0, 0.05) is 29.8 Å². The van der Waals surface area contributed by atoms with E-state index in [0.717, 1.165) is 24.9 Å². The number of likely N-dealkylation sites (tertiary alicyclic amines) is 1. The summed E-state index contributed by atoms with van der Waals surface area (Å²) in [5, 5.41) is 5.46. The predicted molar refractivity (Wildman–Crippen MR) is 117 cm³/mol. The minimum absolute atomic E-state index is 0.162. The zero-order chi connectivity index (χ0) is 21.7. The van der Waals surface area contributed by atoms with Crippen LogP contribution in [0.4, 0.5) is 0 Å². The molecule has 1 amide bonds. The summed E-state index contributed by atoms with van der Waals surface area (Å²) in [6, 6.07) is 7.47. The van der Waals surface area contributed by atoms with E-state index in [1.54, 1.807) is 22.6 Å². The second-order valence-corrected chi connectivity index (χ2v) is 8.33. The Morgan fingerprint density at radius 2 is 2.07 bits per heavy atom. The molecule has 0 bridgehead atoms. The van der Waals surface area contributed by atoms with Gasteiger partial charge in [-0.15, -0.1) is 0 Å². The van der Waals surface area contributed by atoms with Crippen molar-refractivity contribution in [2.24, 2.45) is 5.92 Å². The smallest absolute Gasteiger partial charge is 0.331 e. The molecule has 0 radical (unpaired) electrons. The molecule has 1 atom stereocenters. The van der Waals surface area contributed by atoms with Gasteiger partial charge in [0.05, 0.1) is 12.2 Å². The van der Waals surface area contributed by atoms with Crippen molar-refractivity contribution in [3.8, 4) is 0 Å². The normalized spacial score (nSPS) is 16.8. The van der Waals surface area contributed by atoms with Crippen LogP contribution < -0.4 is 0 Å². The van der Waals surface area contributed by atoms with Crippen molar-refractivity contribution in [3.05, 3.63) is 57.3 Å². The molecular weight excluding hydrogens is 425 g/mol. The Morgan fingerprint density at radius 3 is 2.80 bits per heavy atom. The third kappa shape index (κ3) is 5.64. The molecule has 0 saturated carbocycles. The lowest BCUT2D eigenvalue weighted by Gasteiger charge is -2.30. The summed E-state index contributed by atoms with van der Waals surface area (Å²) in [5.41, 5.74) is 2.19. The monoisotopic (exact) mass is 449 g/mol. The Morgan fingerprint density at radius 1 is 1.30 bits per heavy atom. The maximum atomic E-state index is 12.2. The highest BCUT2D eigenvalue weighted by molar-refractivity contribution is 6.32. The van der Waals surface area contributed by atoms with Crippen LogP contribution in [0.2, 0.25) is 10.2 Å². The van der Waals surface area contributed by atoms with Gasteiger partial charge >= 0.3 is 5.97 Å². The van der Waals surface area contributed by atoms with Crippen LogP contribution in [0.5, 0.6) is 0 Å². The molecule has 3 rings (SSSR count). The van der Waals surface area contributed by atoms with Crippen molar-refractivity contribution in [2.75, 3.05) is 19.7 Å². The molecule has 1 aliphatic heterocycles. The number of piperidine rings is 1. The minimum atomic E-state index is -0.595. The summed E-state index contributed by atoms with van der Waals surface area (Å²) in [7, 11) is 0. The summed E-state index contributed by atoms with van der Waals surface area (Å²) >= 11 is 12.7. The third-order valence-electron chi connectivity index (χ3n) is 5.12. The molecule has 30 heavy (non-hydrogen) atoms. The first-order chi connectivity index (χ1) is 14.3. The van der Waals surface area contributed by atoms with Gasteiger partial charge in [-0.05, 0) is 43.4 Å². The number of carbonyl (C=O) groups is 2. The van der Waals surface area contributed by atoms with Crippen molar-refractivity contribution >= 4 is 41.2 Å². The number of hydrogen-bond acceptors (Lipinski definition) is 4. The van der Waals surface area contributed by atoms with Gasteiger partial charge in [-0.2, -0.15) is 5.10 Å². The summed E-state index contributed by atoms with van der Waals surface area (Å²) < 4.78 is 6.74. The molecule has 1 saturated heterocycles. The average Bonchev–Trinajstić information content (AvgIpc) is 2.99. The van der Waals surface area contributed by atoms with Gasteiger partial charge in [-0.1, -0.05) is 48.3 Å². The number of halogens is 2. The van der Waals surface area contributed by atoms with E-state index in [9.17, 15) is 9.59 Å². The van der Waals surface area contributed by atoms with Gasteiger partial charge < -0.3 is 9.64 Å². The van der Waals surface area contributed by atoms with E-state index in [1.165, 1.54) is 6.08 Å². The lowest BCUT2D eigenvalue weighted by atomic mass is 10.0. The van der Waals surface area contributed by atoms with Crippen LogP contribution in [-0.4, -0.2) is 46.3 Å². The fourth-order valence-electron chi connectivity index (χ4n) is 3.49. The first-order valence-electron chi connectivity index (χ1n) is 9.94. The first kappa shape index (κ1) is 22.4. The molecule has 1 unspecified atom stereocenters. The van der Waals surface area contributed by atoms with Crippen LogP contribution in [0.15, 0.2) is 30.3 Å². The first-order valence-corrected chi connectivity index (χ1v) is 10.7. The van der Waals surface area contributed by atoms with Crippen molar-refractivity contribution in [3.63, 3.8) is 0 Å². The van der Waals surface area contributed by atoms with Crippen LogP contribution >= 0.6 is 23.2 Å². The fraction of sp³-hybridized carbons (Fsp3) is 0.409. The number of nitrogens with zero attached hydrogens (tertiary/aromatic N) is 3. The molecule has 0 N–H and O–H groups in total. The van der Waals surface area contributed by atoms with E-state index >= 15 is 0 Å². The zero-order valence-electron chi connectivity index (χ0n) is 17.1. The molecule has 0 aliphatic carbocycles.